The Morgan fingerprint density at radius 2 is 1.00 bits per heavy atom. The number of allylic oxidation sites excluding steroid dienone is 1. The van der Waals surface area contributed by atoms with Crippen LogP contribution in [0.3, 0.4) is 0 Å². The summed E-state index contributed by atoms with van der Waals surface area (Å²) in [5.41, 5.74) is 0. The van der Waals surface area contributed by atoms with Crippen LogP contribution in [-0.4, -0.2) is 0 Å². The highest BCUT2D eigenvalue weighted by atomic mass is 14.4. The van der Waals surface area contributed by atoms with Gasteiger partial charge in [0, 0.05) is 0 Å². The molecule has 0 N–H and O–H groups in total. The average Bonchev–Trinajstić information content (AvgIpc) is 2.56. The van der Waals surface area contributed by atoms with Crippen LogP contribution in [0.2, 0.25) is 0 Å². The normalized spacial score (nSPS) is 40.4. The second-order valence-corrected chi connectivity index (χ2v) is 7.79. The van der Waals surface area contributed by atoms with Crippen molar-refractivity contribution in [2.24, 2.45) is 29.6 Å². The molecule has 0 aromatic rings. The smallest absolute Gasteiger partial charge is 0.0236 e. The molecule has 0 heterocycles. The molecule has 0 spiro atoms. The standard InChI is InChI=1S/C20H33/c1-2-16-8-10-18(11-9-16)20-14-12-19(13-15-20)17-6-4-3-5-7-17/h2-3,16-20H,1,4-15H2. The van der Waals surface area contributed by atoms with E-state index in [1.54, 1.807) is 25.7 Å². The Morgan fingerprint density at radius 3 is 1.45 bits per heavy atom. The van der Waals surface area contributed by atoms with Gasteiger partial charge in [0.25, 0.3) is 0 Å². The zero-order valence-corrected chi connectivity index (χ0v) is 13.2. The van der Waals surface area contributed by atoms with Crippen LogP contribution in [-0.2, 0) is 0 Å². The quantitative estimate of drug-likeness (QED) is 0.539. The Balaban J connectivity index is 1.43. The molecule has 3 saturated carbocycles. The van der Waals surface area contributed by atoms with Crippen LogP contribution in [0.25, 0.3) is 0 Å². The molecule has 0 amide bonds. The van der Waals surface area contributed by atoms with Gasteiger partial charge in [-0.2, -0.15) is 0 Å². The number of hydrogen-bond acceptors (Lipinski definition) is 0. The summed E-state index contributed by atoms with van der Waals surface area (Å²) in [6.07, 6.45) is 22.5. The SMILES string of the molecule is C=CC1CCC(C2CCC(C3CC[CH]CC3)CC2)CC1. The highest BCUT2D eigenvalue weighted by Gasteiger charge is 2.33. The molecule has 0 aromatic carbocycles. The van der Waals surface area contributed by atoms with E-state index in [0.29, 0.717) is 0 Å². The summed E-state index contributed by atoms with van der Waals surface area (Å²) in [4.78, 5) is 0. The first kappa shape index (κ1) is 14.7. The maximum Gasteiger partial charge on any atom is -0.0236 e. The Hall–Kier alpha value is -0.260. The maximum absolute atomic E-state index is 3.98. The van der Waals surface area contributed by atoms with E-state index in [2.05, 4.69) is 19.1 Å². The van der Waals surface area contributed by atoms with Crippen LogP contribution in [0.1, 0.15) is 77.0 Å². The minimum atomic E-state index is 0.834. The van der Waals surface area contributed by atoms with Crippen LogP contribution in [0.15, 0.2) is 12.7 Å². The van der Waals surface area contributed by atoms with Crippen molar-refractivity contribution in [2.45, 2.75) is 77.0 Å². The van der Waals surface area contributed by atoms with Crippen LogP contribution in [0, 0.1) is 36.0 Å². The molecule has 0 bridgehead atoms. The Kier molecular flexibility index (Phi) is 5.24. The van der Waals surface area contributed by atoms with Crippen molar-refractivity contribution in [1.82, 2.24) is 0 Å². The third kappa shape index (κ3) is 3.49. The fourth-order valence-electron chi connectivity index (χ4n) is 5.36. The van der Waals surface area contributed by atoms with E-state index in [0.717, 1.165) is 29.6 Å². The molecule has 0 aromatic heterocycles. The Bertz CT molecular complexity index is 283. The van der Waals surface area contributed by atoms with Gasteiger partial charge < -0.3 is 0 Å². The summed E-state index contributed by atoms with van der Waals surface area (Å²) in [7, 11) is 0. The molecular formula is C20H33. The summed E-state index contributed by atoms with van der Waals surface area (Å²) in [5.74, 6) is 5.14. The predicted molar refractivity (Wildman–Crippen MR) is 87.4 cm³/mol. The fraction of sp³-hybridized carbons (Fsp3) is 0.850. The topological polar surface area (TPSA) is 0 Å². The molecule has 0 saturated heterocycles. The van der Waals surface area contributed by atoms with Gasteiger partial charge in [-0.3, -0.25) is 0 Å². The fourth-order valence-corrected chi connectivity index (χ4v) is 5.36. The van der Waals surface area contributed by atoms with Crippen molar-refractivity contribution in [3.8, 4) is 0 Å². The van der Waals surface area contributed by atoms with Crippen molar-refractivity contribution >= 4 is 0 Å². The molecule has 0 atom stereocenters. The van der Waals surface area contributed by atoms with Gasteiger partial charge in [-0.1, -0.05) is 6.08 Å². The second kappa shape index (κ2) is 7.14. The van der Waals surface area contributed by atoms with Crippen LogP contribution < -0.4 is 0 Å². The lowest BCUT2D eigenvalue weighted by molar-refractivity contribution is 0.121. The molecule has 0 unspecified atom stereocenters. The van der Waals surface area contributed by atoms with Crippen molar-refractivity contribution in [3.05, 3.63) is 19.1 Å². The van der Waals surface area contributed by atoms with Gasteiger partial charge in [0.15, 0.2) is 0 Å². The van der Waals surface area contributed by atoms with E-state index in [-0.39, 0.29) is 0 Å². The lowest BCUT2D eigenvalue weighted by Crippen LogP contribution is -2.28. The molecule has 113 valence electrons. The van der Waals surface area contributed by atoms with E-state index >= 15 is 0 Å². The van der Waals surface area contributed by atoms with Gasteiger partial charge in [0.2, 0.25) is 0 Å². The zero-order valence-electron chi connectivity index (χ0n) is 13.2. The monoisotopic (exact) mass is 273 g/mol. The van der Waals surface area contributed by atoms with Gasteiger partial charge in [0.1, 0.15) is 0 Å². The molecule has 3 rings (SSSR count). The van der Waals surface area contributed by atoms with Gasteiger partial charge in [-0.25, -0.2) is 0 Å². The highest BCUT2D eigenvalue weighted by Crippen LogP contribution is 2.45. The van der Waals surface area contributed by atoms with E-state index < -0.39 is 0 Å². The van der Waals surface area contributed by atoms with E-state index in [4.69, 9.17) is 0 Å². The van der Waals surface area contributed by atoms with Crippen LogP contribution in [0.5, 0.6) is 0 Å². The third-order valence-corrected chi connectivity index (χ3v) is 6.78. The van der Waals surface area contributed by atoms with Crippen LogP contribution >= 0.6 is 0 Å². The third-order valence-electron chi connectivity index (χ3n) is 6.78. The van der Waals surface area contributed by atoms with Crippen molar-refractivity contribution in [3.63, 3.8) is 0 Å². The van der Waals surface area contributed by atoms with Gasteiger partial charge in [-0.15, -0.1) is 6.58 Å². The first-order valence-electron chi connectivity index (χ1n) is 9.31. The lowest BCUT2D eigenvalue weighted by Gasteiger charge is -2.40. The first-order valence-corrected chi connectivity index (χ1v) is 9.31. The molecule has 3 fully saturated rings. The van der Waals surface area contributed by atoms with Crippen molar-refractivity contribution in [1.29, 1.82) is 0 Å². The molecule has 1 radical (unpaired) electrons. The Morgan fingerprint density at radius 1 is 0.600 bits per heavy atom. The van der Waals surface area contributed by atoms with Crippen molar-refractivity contribution in [2.75, 3.05) is 0 Å². The first-order chi connectivity index (χ1) is 9.86. The number of hydrogen-bond donors (Lipinski definition) is 0. The molecule has 0 nitrogen and oxygen atoms in total. The molecule has 0 aliphatic heterocycles. The second-order valence-electron chi connectivity index (χ2n) is 7.79. The molecule has 20 heavy (non-hydrogen) atoms. The van der Waals surface area contributed by atoms with E-state index in [1.807, 2.05) is 0 Å². The minimum Gasteiger partial charge on any atom is -0.103 e. The van der Waals surface area contributed by atoms with Gasteiger partial charge in [0.05, 0.1) is 0 Å². The van der Waals surface area contributed by atoms with E-state index in [1.165, 1.54) is 51.4 Å². The van der Waals surface area contributed by atoms with Crippen LogP contribution in [0.4, 0.5) is 0 Å². The summed E-state index contributed by atoms with van der Waals surface area (Å²) in [6.45, 7) is 3.98. The largest absolute Gasteiger partial charge is 0.103 e. The van der Waals surface area contributed by atoms with Gasteiger partial charge in [-0.05, 0) is 113 Å². The molecule has 3 aliphatic rings. The summed E-state index contributed by atoms with van der Waals surface area (Å²) >= 11 is 0. The predicted octanol–water partition coefficient (Wildman–Crippen LogP) is 6.18. The zero-order chi connectivity index (χ0) is 13.8. The lowest BCUT2D eigenvalue weighted by atomic mass is 9.66. The minimum absolute atomic E-state index is 0.834. The number of rotatable bonds is 3. The van der Waals surface area contributed by atoms with Crippen molar-refractivity contribution < 1.29 is 0 Å². The van der Waals surface area contributed by atoms with E-state index in [9.17, 15) is 0 Å². The Labute approximate surface area is 126 Å². The molecule has 0 heteroatoms. The summed E-state index contributed by atoms with van der Waals surface area (Å²) in [5, 5.41) is 0. The summed E-state index contributed by atoms with van der Waals surface area (Å²) < 4.78 is 0. The average molecular weight is 273 g/mol. The molecule has 3 aliphatic carbocycles. The highest BCUT2D eigenvalue weighted by molar-refractivity contribution is 4.89. The maximum atomic E-state index is 3.98. The van der Waals surface area contributed by atoms with Gasteiger partial charge >= 0.3 is 0 Å². The summed E-state index contributed by atoms with van der Waals surface area (Å²) in [6, 6.07) is 0. The molecular weight excluding hydrogens is 240 g/mol.